The molecule has 1 aromatic carbocycles. The van der Waals surface area contributed by atoms with Crippen molar-refractivity contribution in [2.24, 2.45) is 0 Å². The second-order valence-electron chi connectivity index (χ2n) is 6.93. The Labute approximate surface area is 144 Å². The van der Waals surface area contributed by atoms with Crippen LogP contribution in [0, 0.1) is 0 Å². The van der Waals surface area contributed by atoms with Gasteiger partial charge in [-0.25, -0.2) is 0 Å². The smallest absolute Gasteiger partial charge is 0.297 e. The van der Waals surface area contributed by atoms with Crippen molar-refractivity contribution < 1.29 is 22.1 Å². The first-order chi connectivity index (χ1) is 11.4. The number of hydrogen-bond acceptors (Lipinski definition) is 5. The van der Waals surface area contributed by atoms with Crippen LogP contribution in [0.25, 0.3) is 0 Å². The van der Waals surface area contributed by atoms with Gasteiger partial charge in [0.15, 0.2) is 0 Å². The van der Waals surface area contributed by atoms with Crippen molar-refractivity contribution in [3.63, 3.8) is 0 Å². The summed E-state index contributed by atoms with van der Waals surface area (Å²) in [6, 6.07) is 6.28. The van der Waals surface area contributed by atoms with Gasteiger partial charge in [-0.1, -0.05) is 26.2 Å². The Morgan fingerprint density at radius 1 is 1.25 bits per heavy atom. The molecule has 6 heteroatoms. The third-order valence-corrected chi connectivity index (χ3v) is 6.74. The normalized spacial score (nSPS) is 31.7. The first-order valence-corrected chi connectivity index (χ1v) is 10.1. The highest BCUT2D eigenvalue weighted by Crippen LogP contribution is 2.63. The Hall–Kier alpha value is -1.11. The molecule has 5 nitrogen and oxygen atoms in total. The first kappa shape index (κ1) is 17.7. The highest BCUT2D eigenvalue weighted by atomic mass is 32.2. The molecule has 0 bridgehead atoms. The van der Waals surface area contributed by atoms with Gasteiger partial charge in [0.25, 0.3) is 10.1 Å². The van der Waals surface area contributed by atoms with Gasteiger partial charge >= 0.3 is 0 Å². The zero-order valence-corrected chi connectivity index (χ0v) is 15.4. The summed E-state index contributed by atoms with van der Waals surface area (Å²) in [6.45, 7) is 4.23. The number of hydrogen-bond donors (Lipinski definition) is 0. The second kappa shape index (κ2) is 6.32. The number of unbranched alkanes of at least 4 members (excludes halogenated alkanes) is 2. The lowest BCUT2D eigenvalue weighted by atomic mass is 9.91. The number of benzene rings is 1. The monoisotopic (exact) mass is 354 g/mol. The molecule has 0 spiro atoms. The second-order valence-corrected chi connectivity index (χ2v) is 8.50. The summed E-state index contributed by atoms with van der Waals surface area (Å²) in [5.74, 6) is 0.615. The third kappa shape index (κ3) is 2.95. The van der Waals surface area contributed by atoms with Gasteiger partial charge in [-0.3, -0.25) is 4.18 Å². The molecular formula is C18H26O5S. The molecule has 2 aliphatic rings. The van der Waals surface area contributed by atoms with E-state index in [1.54, 1.807) is 19.2 Å². The lowest BCUT2D eigenvalue weighted by Gasteiger charge is -2.21. The fourth-order valence-electron chi connectivity index (χ4n) is 3.88. The average molecular weight is 354 g/mol. The summed E-state index contributed by atoms with van der Waals surface area (Å²) in [6.07, 6.45) is 5.32. The predicted octanol–water partition coefficient (Wildman–Crippen LogP) is 3.67. The Morgan fingerprint density at radius 2 is 1.96 bits per heavy atom. The summed E-state index contributed by atoms with van der Waals surface area (Å²) in [5.41, 5.74) is -0.650. The van der Waals surface area contributed by atoms with E-state index in [-0.39, 0.29) is 10.5 Å². The van der Waals surface area contributed by atoms with Crippen LogP contribution in [0.4, 0.5) is 0 Å². The van der Waals surface area contributed by atoms with Gasteiger partial charge in [-0.2, -0.15) is 8.42 Å². The highest BCUT2D eigenvalue weighted by Gasteiger charge is 2.74. The Balaban J connectivity index is 1.74. The summed E-state index contributed by atoms with van der Waals surface area (Å²) in [7, 11) is -2.26. The molecule has 2 fully saturated rings. The molecule has 1 saturated heterocycles. The highest BCUT2D eigenvalue weighted by molar-refractivity contribution is 7.86. The number of rotatable bonds is 8. The Morgan fingerprint density at radius 3 is 2.54 bits per heavy atom. The van der Waals surface area contributed by atoms with Crippen molar-refractivity contribution in [3.05, 3.63) is 24.3 Å². The van der Waals surface area contributed by atoms with E-state index in [4.69, 9.17) is 13.7 Å². The van der Waals surface area contributed by atoms with E-state index in [2.05, 4.69) is 13.8 Å². The van der Waals surface area contributed by atoms with Gasteiger partial charge in [-0.05, 0) is 50.5 Å². The van der Waals surface area contributed by atoms with Crippen LogP contribution in [0.3, 0.4) is 0 Å². The van der Waals surface area contributed by atoms with E-state index in [0.717, 1.165) is 38.5 Å². The minimum atomic E-state index is -3.81. The lowest BCUT2D eigenvalue weighted by Crippen LogP contribution is -2.34. The van der Waals surface area contributed by atoms with Crippen LogP contribution in [0.15, 0.2) is 29.2 Å². The van der Waals surface area contributed by atoms with Gasteiger partial charge < -0.3 is 9.47 Å². The lowest BCUT2D eigenvalue weighted by molar-refractivity contribution is 0.0796. The van der Waals surface area contributed by atoms with Crippen LogP contribution >= 0.6 is 0 Å². The number of epoxide rings is 1. The molecule has 0 radical (unpaired) electrons. The minimum Gasteiger partial charge on any atom is -0.497 e. The van der Waals surface area contributed by atoms with Crippen molar-refractivity contribution in [2.75, 3.05) is 7.11 Å². The molecule has 3 rings (SSSR count). The first-order valence-electron chi connectivity index (χ1n) is 8.64. The van der Waals surface area contributed by atoms with Gasteiger partial charge in [0.1, 0.15) is 17.5 Å². The average Bonchev–Trinajstić information content (AvgIpc) is 3.09. The maximum atomic E-state index is 12.6. The third-order valence-electron chi connectivity index (χ3n) is 5.41. The topological polar surface area (TPSA) is 65.1 Å². The standard InChI is InChI=1S/C18H26O5S/c1-4-5-6-12-18-16(11-13-17(18,2)23-18)22-24(19,20)15-9-7-14(21-3)8-10-15/h7-10,16H,4-6,11-13H2,1-3H3/t16-,17+,18-/m0/s1. The molecular weight excluding hydrogens is 328 g/mol. The molecule has 0 amide bonds. The van der Waals surface area contributed by atoms with Gasteiger partial charge in [0.2, 0.25) is 0 Å². The molecule has 0 N–H and O–H groups in total. The van der Waals surface area contributed by atoms with E-state index in [9.17, 15) is 8.42 Å². The van der Waals surface area contributed by atoms with E-state index in [1.165, 1.54) is 12.1 Å². The summed E-state index contributed by atoms with van der Waals surface area (Å²) >= 11 is 0. The van der Waals surface area contributed by atoms with Crippen molar-refractivity contribution >= 4 is 10.1 Å². The van der Waals surface area contributed by atoms with Crippen LogP contribution in [0.1, 0.15) is 52.4 Å². The largest absolute Gasteiger partial charge is 0.497 e. The Kier molecular flexibility index (Phi) is 4.66. The van der Waals surface area contributed by atoms with Gasteiger partial charge in [0.05, 0.1) is 17.6 Å². The molecule has 1 heterocycles. The van der Waals surface area contributed by atoms with Crippen LogP contribution in [0.2, 0.25) is 0 Å². The van der Waals surface area contributed by atoms with Crippen molar-refractivity contribution in [2.45, 2.75) is 74.6 Å². The zero-order valence-electron chi connectivity index (χ0n) is 14.6. The zero-order chi connectivity index (χ0) is 17.4. The molecule has 1 aromatic rings. The summed E-state index contributed by atoms with van der Waals surface area (Å²) < 4.78 is 41.9. The number of fused-ring (bicyclic) bond motifs is 1. The number of methoxy groups -OCH3 is 1. The summed E-state index contributed by atoms with van der Waals surface area (Å²) in [5, 5.41) is 0. The van der Waals surface area contributed by atoms with Crippen molar-refractivity contribution in [1.82, 2.24) is 0 Å². The molecule has 1 aliphatic heterocycles. The van der Waals surface area contributed by atoms with E-state index in [0.29, 0.717) is 5.75 Å². The predicted molar refractivity (Wildman–Crippen MR) is 90.6 cm³/mol. The fourth-order valence-corrected chi connectivity index (χ4v) is 5.01. The maximum Gasteiger partial charge on any atom is 0.297 e. The van der Waals surface area contributed by atoms with Gasteiger partial charge in [0, 0.05) is 0 Å². The van der Waals surface area contributed by atoms with Crippen LogP contribution in [-0.4, -0.2) is 32.8 Å². The number of ether oxygens (including phenoxy) is 2. The van der Waals surface area contributed by atoms with Crippen molar-refractivity contribution in [3.8, 4) is 5.75 Å². The molecule has 24 heavy (non-hydrogen) atoms. The maximum absolute atomic E-state index is 12.6. The molecule has 3 atom stereocenters. The SMILES string of the molecule is CCCCC[C@@]12O[C@]1(C)CC[C@@H]2OS(=O)(=O)c1ccc(OC)cc1. The van der Waals surface area contributed by atoms with Crippen LogP contribution in [-0.2, 0) is 19.0 Å². The molecule has 1 saturated carbocycles. The molecule has 1 aliphatic carbocycles. The van der Waals surface area contributed by atoms with E-state index in [1.807, 2.05) is 0 Å². The van der Waals surface area contributed by atoms with E-state index < -0.39 is 21.8 Å². The Bertz CT molecular complexity index is 684. The van der Waals surface area contributed by atoms with Crippen LogP contribution < -0.4 is 4.74 Å². The van der Waals surface area contributed by atoms with E-state index >= 15 is 0 Å². The summed E-state index contributed by atoms with van der Waals surface area (Å²) in [4.78, 5) is 0.154. The molecule has 0 unspecified atom stereocenters. The van der Waals surface area contributed by atoms with Gasteiger partial charge in [-0.15, -0.1) is 0 Å². The minimum absolute atomic E-state index is 0.154. The fraction of sp³-hybridized carbons (Fsp3) is 0.667. The van der Waals surface area contributed by atoms with Crippen molar-refractivity contribution in [1.29, 1.82) is 0 Å². The molecule has 0 aromatic heterocycles. The van der Waals surface area contributed by atoms with Crippen LogP contribution in [0.5, 0.6) is 5.75 Å². The quantitative estimate of drug-likeness (QED) is 0.405. The molecule has 134 valence electrons.